The van der Waals surface area contributed by atoms with Crippen LogP contribution in [-0.4, -0.2) is 23.5 Å². The molecular formula is C18H17ClN2O3S. The number of hydrogen-bond acceptors (Lipinski definition) is 4. The van der Waals surface area contributed by atoms with Crippen LogP contribution in [0.15, 0.2) is 48.5 Å². The molecule has 0 atom stereocenters. The lowest BCUT2D eigenvalue weighted by Gasteiger charge is -2.14. The molecule has 0 unspecified atom stereocenters. The van der Waals surface area contributed by atoms with Crippen LogP contribution >= 0.6 is 23.8 Å². The molecule has 1 amide bonds. The number of ether oxygens (including phenoxy) is 1. The van der Waals surface area contributed by atoms with Crippen LogP contribution in [0.2, 0.25) is 5.02 Å². The molecule has 5 nitrogen and oxygen atoms in total. The summed E-state index contributed by atoms with van der Waals surface area (Å²) in [5.41, 5.74) is 1.53. The number of Topliss-reactive ketones (excluding diaryl/α,β-unsaturated/α-hetero) is 1. The van der Waals surface area contributed by atoms with Crippen molar-refractivity contribution in [2.75, 3.05) is 17.2 Å². The minimum Gasteiger partial charge on any atom is -0.450 e. The SMILES string of the molecule is CCOC(=O)Nc1ccc(Cl)cc1NC(=S)CC(=O)c1ccccc1. The summed E-state index contributed by atoms with van der Waals surface area (Å²) < 4.78 is 4.86. The number of hydrogen-bond donors (Lipinski definition) is 2. The second-order valence-electron chi connectivity index (χ2n) is 5.05. The molecular weight excluding hydrogens is 360 g/mol. The number of anilines is 2. The van der Waals surface area contributed by atoms with Gasteiger partial charge in [-0.3, -0.25) is 10.1 Å². The fourth-order valence-corrected chi connectivity index (χ4v) is 2.49. The van der Waals surface area contributed by atoms with Crippen molar-refractivity contribution in [2.45, 2.75) is 13.3 Å². The van der Waals surface area contributed by atoms with E-state index in [9.17, 15) is 9.59 Å². The van der Waals surface area contributed by atoms with E-state index < -0.39 is 6.09 Å². The Morgan fingerprint density at radius 1 is 1.08 bits per heavy atom. The minimum atomic E-state index is -0.584. The zero-order valence-corrected chi connectivity index (χ0v) is 15.1. The summed E-state index contributed by atoms with van der Waals surface area (Å²) in [5.74, 6) is -0.0972. The number of thiocarbonyl (C=S) groups is 1. The van der Waals surface area contributed by atoms with Gasteiger partial charge in [-0.15, -0.1) is 0 Å². The lowest BCUT2D eigenvalue weighted by Crippen LogP contribution is -2.18. The molecule has 2 rings (SSSR count). The smallest absolute Gasteiger partial charge is 0.411 e. The fourth-order valence-electron chi connectivity index (χ4n) is 2.07. The maximum absolute atomic E-state index is 12.2. The van der Waals surface area contributed by atoms with Gasteiger partial charge in [0.1, 0.15) is 0 Å². The summed E-state index contributed by atoms with van der Waals surface area (Å²) in [7, 11) is 0. The summed E-state index contributed by atoms with van der Waals surface area (Å²) in [6.07, 6.45) is -0.538. The Hall–Kier alpha value is -2.44. The zero-order chi connectivity index (χ0) is 18.2. The van der Waals surface area contributed by atoms with E-state index in [4.69, 9.17) is 28.6 Å². The number of nitrogens with one attached hydrogen (secondary N) is 2. The van der Waals surface area contributed by atoms with Crippen LogP contribution < -0.4 is 10.6 Å². The van der Waals surface area contributed by atoms with Gasteiger partial charge in [0, 0.05) is 10.6 Å². The quantitative estimate of drug-likeness (QED) is 0.553. The third kappa shape index (κ3) is 5.85. The summed E-state index contributed by atoms with van der Waals surface area (Å²) in [4.78, 5) is 24.2. The molecule has 0 aliphatic heterocycles. The van der Waals surface area contributed by atoms with Crippen LogP contribution in [0.5, 0.6) is 0 Å². The van der Waals surface area contributed by atoms with Crippen LogP contribution in [0.4, 0.5) is 16.2 Å². The van der Waals surface area contributed by atoms with Crippen molar-refractivity contribution >= 4 is 52.1 Å². The second-order valence-corrected chi connectivity index (χ2v) is 5.98. The molecule has 7 heteroatoms. The summed E-state index contributed by atoms with van der Waals surface area (Å²) >= 11 is 11.3. The molecule has 0 saturated carbocycles. The maximum atomic E-state index is 12.2. The molecule has 0 saturated heterocycles. The minimum absolute atomic E-state index is 0.0463. The monoisotopic (exact) mass is 376 g/mol. The van der Waals surface area contributed by atoms with Gasteiger partial charge >= 0.3 is 6.09 Å². The number of amides is 1. The van der Waals surface area contributed by atoms with Crippen molar-refractivity contribution in [2.24, 2.45) is 0 Å². The molecule has 130 valence electrons. The highest BCUT2D eigenvalue weighted by atomic mass is 35.5. The van der Waals surface area contributed by atoms with Gasteiger partial charge in [0.15, 0.2) is 5.78 Å². The van der Waals surface area contributed by atoms with Crippen molar-refractivity contribution in [3.05, 3.63) is 59.1 Å². The van der Waals surface area contributed by atoms with Crippen LogP contribution in [-0.2, 0) is 4.74 Å². The topological polar surface area (TPSA) is 67.4 Å². The summed E-state index contributed by atoms with van der Waals surface area (Å²) in [6, 6.07) is 13.8. The van der Waals surface area contributed by atoms with Gasteiger partial charge in [-0.2, -0.15) is 0 Å². The Morgan fingerprint density at radius 3 is 2.48 bits per heavy atom. The normalized spacial score (nSPS) is 10.0. The maximum Gasteiger partial charge on any atom is 0.411 e. The van der Waals surface area contributed by atoms with E-state index in [1.165, 1.54) is 0 Å². The first-order valence-electron chi connectivity index (χ1n) is 7.61. The van der Waals surface area contributed by atoms with Crippen molar-refractivity contribution in [1.82, 2.24) is 0 Å². The Morgan fingerprint density at radius 2 is 1.80 bits per heavy atom. The van der Waals surface area contributed by atoms with E-state index in [0.29, 0.717) is 26.9 Å². The fraction of sp³-hybridized carbons (Fsp3) is 0.167. The average Bonchev–Trinajstić information content (AvgIpc) is 2.58. The molecule has 0 bridgehead atoms. The van der Waals surface area contributed by atoms with Crippen LogP contribution in [0.25, 0.3) is 0 Å². The number of carbonyl (C=O) groups is 2. The molecule has 2 N–H and O–H groups in total. The zero-order valence-electron chi connectivity index (χ0n) is 13.5. The number of carbonyl (C=O) groups excluding carboxylic acids is 2. The Kier molecular flexibility index (Phi) is 6.91. The highest BCUT2D eigenvalue weighted by molar-refractivity contribution is 7.80. The lowest BCUT2D eigenvalue weighted by atomic mass is 10.1. The van der Waals surface area contributed by atoms with Gasteiger partial charge in [0.25, 0.3) is 0 Å². The van der Waals surface area contributed by atoms with E-state index >= 15 is 0 Å². The van der Waals surface area contributed by atoms with Gasteiger partial charge in [0.2, 0.25) is 0 Å². The van der Waals surface area contributed by atoms with Crippen LogP contribution in [0, 0.1) is 0 Å². The predicted molar refractivity (Wildman–Crippen MR) is 104 cm³/mol. The molecule has 0 aliphatic carbocycles. The van der Waals surface area contributed by atoms with Crippen LogP contribution in [0.1, 0.15) is 23.7 Å². The Labute approximate surface area is 156 Å². The van der Waals surface area contributed by atoms with E-state index in [-0.39, 0.29) is 18.8 Å². The van der Waals surface area contributed by atoms with E-state index in [1.54, 1.807) is 49.4 Å². The van der Waals surface area contributed by atoms with Gasteiger partial charge in [-0.05, 0) is 25.1 Å². The molecule has 0 spiro atoms. The molecule has 25 heavy (non-hydrogen) atoms. The Balaban J connectivity index is 2.08. The van der Waals surface area contributed by atoms with Gasteiger partial charge < -0.3 is 10.1 Å². The third-order valence-electron chi connectivity index (χ3n) is 3.18. The third-order valence-corrected chi connectivity index (χ3v) is 3.67. The second kappa shape index (κ2) is 9.15. The first kappa shape index (κ1) is 18.9. The van der Waals surface area contributed by atoms with Crippen molar-refractivity contribution < 1.29 is 14.3 Å². The first-order chi connectivity index (χ1) is 12.0. The predicted octanol–water partition coefficient (Wildman–Crippen LogP) is 4.92. The first-order valence-corrected chi connectivity index (χ1v) is 8.39. The van der Waals surface area contributed by atoms with Crippen molar-refractivity contribution in [1.29, 1.82) is 0 Å². The molecule has 0 fully saturated rings. The van der Waals surface area contributed by atoms with E-state index in [0.717, 1.165) is 0 Å². The molecule has 2 aromatic carbocycles. The summed E-state index contributed by atoms with van der Waals surface area (Å²) in [5, 5.41) is 6.02. The van der Waals surface area contributed by atoms with Crippen molar-refractivity contribution in [3.63, 3.8) is 0 Å². The van der Waals surface area contributed by atoms with E-state index in [2.05, 4.69) is 10.6 Å². The van der Waals surface area contributed by atoms with Gasteiger partial charge in [-0.25, -0.2) is 4.79 Å². The number of benzene rings is 2. The summed E-state index contributed by atoms with van der Waals surface area (Å²) in [6.45, 7) is 1.97. The van der Waals surface area contributed by atoms with Crippen molar-refractivity contribution in [3.8, 4) is 0 Å². The number of halogens is 1. The number of rotatable bonds is 6. The van der Waals surface area contributed by atoms with Crippen LogP contribution in [0.3, 0.4) is 0 Å². The highest BCUT2D eigenvalue weighted by Gasteiger charge is 2.12. The Bertz CT molecular complexity index is 781. The largest absolute Gasteiger partial charge is 0.450 e. The number of ketones is 1. The molecule has 0 heterocycles. The lowest BCUT2D eigenvalue weighted by molar-refractivity contribution is 0.100. The standard InChI is InChI=1S/C18H17ClN2O3S/c1-2-24-18(23)21-14-9-8-13(19)10-15(14)20-17(25)11-16(22)12-6-4-3-5-7-12/h3-10H,2,11H2,1H3,(H,20,25)(H,21,23). The van der Waals surface area contributed by atoms with Gasteiger partial charge in [-0.1, -0.05) is 54.2 Å². The average molecular weight is 377 g/mol. The van der Waals surface area contributed by atoms with Gasteiger partial charge in [0.05, 0.1) is 29.4 Å². The molecule has 0 aliphatic rings. The molecule has 0 radical (unpaired) electrons. The molecule has 0 aromatic heterocycles. The van der Waals surface area contributed by atoms with E-state index in [1.807, 2.05) is 6.07 Å². The molecule has 2 aromatic rings. The highest BCUT2D eigenvalue weighted by Crippen LogP contribution is 2.26.